The number of hydrogen-bond acceptors (Lipinski definition) is 9. The van der Waals surface area contributed by atoms with Crippen molar-refractivity contribution in [2.45, 2.75) is 36.5 Å². The lowest BCUT2D eigenvalue weighted by atomic mass is 10.2. The van der Waals surface area contributed by atoms with E-state index in [1.807, 2.05) is 0 Å². The number of nitrogens with one attached hydrogen (secondary N) is 1. The number of benzene rings is 1. The molecule has 0 aliphatic rings. The van der Waals surface area contributed by atoms with Crippen molar-refractivity contribution in [3.63, 3.8) is 0 Å². The van der Waals surface area contributed by atoms with Crippen LogP contribution in [0.1, 0.15) is 25.1 Å². The highest BCUT2D eigenvalue weighted by Gasteiger charge is 2.44. The van der Waals surface area contributed by atoms with Gasteiger partial charge in [0.2, 0.25) is 0 Å². The third kappa shape index (κ3) is 8.22. The molecule has 0 radical (unpaired) electrons. The molecule has 11 nitrogen and oxygen atoms in total. The van der Waals surface area contributed by atoms with E-state index in [4.69, 9.17) is 32.7 Å². The summed E-state index contributed by atoms with van der Waals surface area (Å²) in [6.45, 7) is 0.585. The Morgan fingerprint density at radius 3 is 2.08 bits per heavy atom. The smallest absolute Gasteiger partial charge is 0.462 e. The first-order valence-electron chi connectivity index (χ1n) is 10.2. The molecule has 218 valence electrons. The van der Waals surface area contributed by atoms with Crippen LogP contribution in [0.25, 0.3) is 5.69 Å². The first kappa shape index (κ1) is 32.7. The maximum absolute atomic E-state index is 13.4. The van der Waals surface area contributed by atoms with Gasteiger partial charge in [-0.25, -0.2) is 13.7 Å². The number of carbonyl (C=O) groups is 3. The van der Waals surface area contributed by atoms with Crippen LogP contribution >= 0.6 is 23.2 Å². The molecule has 0 saturated carbocycles. The lowest BCUT2D eigenvalue weighted by molar-refractivity contribution is -0.158. The van der Waals surface area contributed by atoms with Crippen LogP contribution in [0.4, 0.5) is 37.0 Å². The summed E-state index contributed by atoms with van der Waals surface area (Å²) in [4.78, 5) is 33.3. The Balaban J connectivity index is 2.60. The molecule has 1 aromatic heterocycles. The van der Waals surface area contributed by atoms with Gasteiger partial charge in [0.1, 0.15) is 29.9 Å². The van der Waals surface area contributed by atoms with Crippen molar-refractivity contribution in [3.05, 3.63) is 33.4 Å². The minimum absolute atomic E-state index is 0.270. The maximum atomic E-state index is 13.4. The lowest BCUT2D eigenvalue weighted by Gasteiger charge is -2.18. The average Bonchev–Trinajstić information content (AvgIpc) is 3.15. The van der Waals surface area contributed by atoms with Crippen LogP contribution in [-0.2, 0) is 40.8 Å². The highest BCUT2D eigenvalue weighted by molar-refractivity contribution is 7.86. The molecule has 1 amide bonds. The van der Waals surface area contributed by atoms with Crippen molar-refractivity contribution in [1.82, 2.24) is 9.78 Å². The second-order valence-electron chi connectivity index (χ2n) is 7.31. The van der Waals surface area contributed by atoms with Crippen molar-refractivity contribution in [1.29, 1.82) is 5.26 Å². The van der Waals surface area contributed by atoms with Gasteiger partial charge in [0.25, 0.3) is 0 Å². The summed E-state index contributed by atoms with van der Waals surface area (Å²) in [6, 6.07) is 1.93. The first-order valence-corrected chi connectivity index (χ1v) is 12.1. The van der Waals surface area contributed by atoms with Gasteiger partial charge in [-0.1, -0.05) is 23.2 Å². The molecule has 0 fully saturated rings. The fourth-order valence-electron chi connectivity index (χ4n) is 2.83. The molecule has 1 heterocycles. The second-order valence-corrected chi connectivity index (χ2v) is 9.53. The van der Waals surface area contributed by atoms with Gasteiger partial charge in [-0.05, 0) is 12.1 Å². The number of ether oxygens (including phenoxy) is 3. The number of aromatic nitrogens is 2. The van der Waals surface area contributed by atoms with E-state index in [2.05, 4.69) is 9.84 Å². The predicted molar refractivity (Wildman–Crippen MR) is 123 cm³/mol. The van der Waals surface area contributed by atoms with Crippen LogP contribution in [0.15, 0.2) is 17.0 Å². The Hall–Kier alpha value is -3.56. The fraction of sp³-hybridized carbons (Fsp3) is 0.350. The fourth-order valence-corrected chi connectivity index (χ4v) is 4.29. The van der Waals surface area contributed by atoms with Crippen molar-refractivity contribution < 1.29 is 59.1 Å². The van der Waals surface area contributed by atoms with Gasteiger partial charge in [0.15, 0.2) is 28.4 Å². The van der Waals surface area contributed by atoms with Crippen LogP contribution in [0.5, 0.6) is 0 Å². The van der Waals surface area contributed by atoms with Gasteiger partial charge in [-0.2, -0.15) is 36.7 Å². The summed E-state index contributed by atoms with van der Waals surface area (Å²) in [5.74, 6) is -2.82. The number of amides is 1. The molecule has 1 aromatic carbocycles. The summed E-state index contributed by atoms with van der Waals surface area (Å²) >= 11 is 11.8. The molecule has 20 heteroatoms. The topological polar surface area (TPSA) is 150 Å². The zero-order valence-corrected chi connectivity index (χ0v) is 22.1. The van der Waals surface area contributed by atoms with Gasteiger partial charge in [0, 0.05) is 13.8 Å². The van der Waals surface area contributed by atoms with E-state index in [9.17, 15) is 50.2 Å². The Morgan fingerprint density at radius 2 is 1.62 bits per heavy atom. The third-order valence-electron chi connectivity index (χ3n) is 4.33. The highest BCUT2D eigenvalue weighted by Crippen LogP contribution is 2.41. The molecule has 0 bridgehead atoms. The van der Waals surface area contributed by atoms with Crippen LogP contribution in [-0.4, -0.2) is 56.8 Å². The Morgan fingerprint density at radius 1 is 1.07 bits per heavy atom. The van der Waals surface area contributed by atoms with E-state index in [0.717, 1.165) is 13.8 Å². The van der Waals surface area contributed by atoms with Gasteiger partial charge < -0.3 is 14.2 Å². The second kappa shape index (κ2) is 12.7. The predicted octanol–water partition coefficient (Wildman–Crippen LogP) is 4.74. The molecule has 2 unspecified atom stereocenters. The molecular weight excluding hydrogens is 625 g/mol. The SMILES string of the molecule is CC(=O)OCC(COC(=O)Nc1c(S(=O)C(F)(F)F)c(C#N)nn1-c1c(Cl)cc(C(F)(F)F)cc1Cl)OC(C)=O. The molecular formula is C20H14Cl2F6N4O7S. The number of esters is 2. The van der Waals surface area contributed by atoms with E-state index < -0.39 is 97.5 Å². The van der Waals surface area contributed by atoms with Crippen molar-refractivity contribution >= 4 is 57.9 Å². The molecule has 1 N–H and O–H groups in total. The highest BCUT2D eigenvalue weighted by atomic mass is 35.5. The average molecular weight is 639 g/mol. The van der Waals surface area contributed by atoms with Crippen molar-refractivity contribution in [2.75, 3.05) is 18.5 Å². The monoisotopic (exact) mass is 638 g/mol. The van der Waals surface area contributed by atoms with Gasteiger partial charge >= 0.3 is 29.7 Å². The molecule has 2 atom stereocenters. The number of nitriles is 1. The molecule has 0 saturated heterocycles. The summed E-state index contributed by atoms with van der Waals surface area (Å²) < 4.78 is 106. The van der Waals surface area contributed by atoms with Crippen LogP contribution < -0.4 is 5.32 Å². The summed E-state index contributed by atoms with van der Waals surface area (Å²) in [6.07, 6.45) is -7.91. The number of hydrogen-bond donors (Lipinski definition) is 1. The van der Waals surface area contributed by atoms with Gasteiger partial charge in [-0.3, -0.25) is 14.9 Å². The third-order valence-corrected chi connectivity index (χ3v) is 6.08. The summed E-state index contributed by atoms with van der Waals surface area (Å²) in [5.41, 5.74) is -8.74. The van der Waals surface area contributed by atoms with Crippen molar-refractivity contribution in [3.8, 4) is 11.8 Å². The standard InChI is InChI=1S/C20H14Cl2F6N4O7S/c1-8(33)37-6-11(39-9(2)34)7-38-18(35)30-17-16(40(36)20(26,27)28)14(5-29)31-32(17)15-12(21)3-10(4-13(15)22)19(23,24)25/h3-4,11H,6-7H2,1-2H3,(H,30,35). The number of nitrogens with zero attached hydrogens (tertiary/aromatic N) is 3. The number of anilines is 1. The molecule has 0 aliphatic heterocycles. The molecule has 2 aromatic rings. The lowest BCUT2D eigenvalue weighted by Crippen LogP contribution is -2.31. The number of alkyl halides is 6. The minimum Gasteiger partial charge on any atom is -0.462 e. The number of rotatable bonds is 8. The van der Waals surface area contributed by atoms with E-state index in [-0.39, 0.29) is 4.68 Å². The molecule has 0 spiro atoms. The quantitative estimate of drug-likeness (QED) is 0.246. The summed E-state index contributed by atoms with van der Waals surface area (Å²) in [5, 5.41) is 12.9. The first-order chi connectivity index (χ1) is 18.4. The van der Waals surface area contributed by atoms with E-state index in [1.54, 1.807) is 5.32 Å². The number of halogens is 8. The Labute approximate surface area is 232 Å². The minimum atomic E-state index is -5.50. The van der Waals surface area contributed by atoms with Crippen molar-refractivity contribution in [2.24, 2.45) is 0 Å². The normalized spacial score (nSPS) is 13.1. The van der Waals surface area contributed by atoms with E-state index in [1.165, 1.54) is 6.07 Å². The zero-order chi connectivity index (χ0) is 30.6. The van der Waals surface area contributed by atoms with Gasteiger partial charge in [-0.15, -0.1) is 0 Å². The van der Waals surface area contributed by atoms with Crippen LogP contribution in [0.3, 0.4) is 0 Å². The van der Waals surface area contributed by atoms with E-state index in [0.29, 0.717) is 12.1 Å². The molecule has 0 aliphatic carbocycles. The Bertz CT molecular complexity index is 1370. The van der Waals surface area contributed by atoms with Crippen LogP contribution in [0.2, 0.25) is 10.0 Å². The largest absolute Gasteiger partial charge is 0.476 e. The zero-order valence-electron chi connectivity index (χ0n) is 19.8. The van der Waals surface area contributed by atoms with Gasteiger partial charge in [0.05, 0.1) is 15.6 Å². The number of carbonyl (C=O) groups excluding carboxylic acids is 3. The van der Waals surface area contributed by atoms with Crippen LogP contribution in [0, 0.1) is 11.3 Å². The summed E-state index contributed by atoms with van der Waals surface area (Å²) in [7, 11) is -4.02. The van der Waals surface area contributed by atoms with E-state index >= 15 is 0 Å². The molecule has 40 heavy (non-hydrogen) atoms. The molecule has 2 rings (SSSR count). The Kier molecular flexibility index (Phi) is 10.4. The maximum Gasteiger partial charge on any atom is 0.476 e.